The summed E-state index contributed by atoms with van der Waals surface area (Å²) in [6, 6.07) is 1.92. The molecule has 1 aliphatic rings. The van der Waals surface area contributed by atoms with Crippen LogP contribution in [0.5, 0.6) is 0 Å². The minimum atomic E-state index is -3.39. The van der Waals surface area contributed by atoms with Gasteiger partial charge in [-0.2, -0.15) is 0 Å². The molecular weight excluding hydrogens is 242 g/mol. The van der Waals surface area contributed by atoms with Gasteiger partial charge in [-0.1, -0.05) is 0 Å². The number of nitrogens with zero attached hydrogens (tertiary/aromatic N) is 1. The predicted octanol–water partition coefficient (Wildman–Crippen LogP) is 2.18. The minimum absolute atomic E-state index is 0.626. The van der Waals surface area contributed by atoms with E-state index in [4.69, 9.17) is 10.7 Å². The second-order valence-electron chi connectivity index (χ2n) is 3.60. The van der Waals surface area contributed by atoms with Gasteiger partial charge in [0.25, 0.3) is 0 Å². The molecule has 6 heteroatoms. The third-order valence-electron chi connectivity index (χ3n) is 2.64. The Morgan fingerprint density at radius 3 is 2.71 bits per heavy atom. The summed E-state index contributed by atoms with van der Waals surface area (Å²) in [5.41, 5.74) is 0. The van der Waals surface area contributed by atoms with E-state index in [0.717, 1.165) is 11.3 Å². The zero-order valence-electron chi connectivity index (χ0n) is 7.44. The smallest absolute Gasteiger partial charge is 0.212 e. The van der Waals surface area contributed by atoms with E-state index >= 15 is 0 Å². The average molecular weight is 252 g/mol. The Labute approximate surface area is 91.7 Å². The van der Waals surface area contributed by atoms with E-state index in [9.17, 15) is 8.42 Å². The summed E-state index contributed by atoms with van der Waals surface area (Å²) in [7, 11) is 2.00. The van der Waals surface area contributed by atoms with Crippen LogP contribution in [0, 0.1) is 0 Å². The molecule has 1 aromatic heterocycles. The topological polar surface area (TPSA) is 47.0 Å². The second kappa shape index (κ2) is 3.47. The molecule has 0 amide bonds. The largest absolute Gasteiger partial charge is 0.238 e. The van der Waals surface area contributed by atoms with E-state index in [2.05, 4.69) is 4.37 Å². The van der Waals surface area contributed by atoms with Crippen LogP contribution in [0.1, 0.15) is 24.1 Å². The van der Waals surface area contributed by atoms with Crippen LogP contribution >= 0.6 is 22.2 Å². The van der Waals surface area contributed by atoms with Crippen LogP contribution in [0.2, 0.25) is 0 Å². The number of rotatable bonds is 4. The van der Waals surface area contributed by atoms with Gasteiger partial charge in [-0.3, -0.25) is 0 Å². The molecule has 0 aliphatic heterocycles. The number of hydrogen-bond donors (Lipinski definition) is 0. The average Bonchev–Trinajstić information content (AvgIpc) is 2.72. The molecule has 0 unspecified atom stereocenters. The maximum absolute atomic E-state index is 11.2. The van der Waals surface area contributed by atoms with Crippen molar-refractivity contribution in [2.75, 3.05) is 0 Å². The van der Waals surface area contributed by atoms with E-state index in [0.29, 0.717) is 19.3 Å². The number of aryl methyl sites for hydroxylation is 1. The van der Waals surface area contributed by atoms with Crippen molar-refractivity contribution in [2.45, 2.75) is 30.4 Å². The van der Waals surface area contributed by atoms with Crippen LogP contribution in [-0.2, 0) is 15.5 Å². The van der Waals surface area contributed by atoms with Gasteiger partial charge in [-0.25, -0.2) is 12.8 Å². The quantitative estimate of drug-likeness (QED) is 0.771. The number of aromatic nitrogens is 1. The van der Waals surface area contributed by atoms with Gasteiger partial charge in [0.05, 0.1) is 4.75 Å². The summed E-state index contributed by atoms with van der Waals surface area (Å²) < 4.78 is 25.8. The molecule has 0 radical (unpaired) electrons. The molecule has 1 fully saturated rings. The molecule has 0 bridgehead atoms. The summed E-state index contributed by atoms with van der Waals surface area (Å²) in [5, 5.41) is 0. The van der Waals surface area contributed by atoms with Crippen molar-refractivity contribution < 1.29 is 8.42 Å². The lowest BCUT2D eigenvalue weighted by molar-refractivity contribution is 0.583. The molecule has 78 valence electrons. The van der Waals surface area contributed by atoms with Gasteiger partial charge in [0.1, 0.15) is 0 Å². The zero-order valence-corrected chi connectivity index (χ0v) is 9.83. The molecule has 3 nitrogen and oxygen atoms in total. The van der Waals surface area contributed by atoms with Crippen molar-refractivity contribution in [1.82, 2.24) is 4.37 Å². The van der Waals surface area contributed by atoms with E-state index in [1.807, 2.05) is 6.07 Å². The van der Waals surface area contributed by atoms with E-state index < -0.39 is 13.8 Å². The molecular formula is C8H10ClNO2S2. The van der Waals surface area contributed by atoms with Crippen LogP contribution in [-0.4, -0.2) is 17.5 Å². The van der Waals surface area contributed by atoms with Gasteiger partial charge in [0.15, 0.2) is 0 Å². The van der Waals surface area contributed by atoms with Gasteiger partial charge in [0, 0.05) is 21.8 Å². The third-order valence-corrected chi connectivity index (χ3v) is 6.07. The van der Waals surface area contributed by atoms with Crippen molar-refractivity contribution in [3.05, 3.63) is 17.1 Å². The molecule has 1 saturated carbocycles. The predicted molar refractivity (Wildman–Crippen MR) is 57.2 cm³/mol. The van der Waals surface area contributed by atoms with Gasteiger partial charge in [-0.05, 0) is 43.3 Å². The third kappa shape index (κ3) is 1.94. The first-order chi connectivity index (χ1) is 6.54. The molecule has 0 aromatic carbocycles. The van der Waals surface area contributed by atoms with Crippen LogP contribution < -0.4 is 0 Å². The Morgan fingerprint density at radius 2 is 2.29 bits per heavy atom. The molecule has 0 spiro atoms. The van der Waals surface area contributed by atoms with Crippen LogP contribution in [0.3, 0.4) is 0 Å². The van der Waals surface area contributed by atoms with Crippen molar-refractivity contribution in [3.8, 4) is 0 Å². The maximum Gasteiger partial charge on any atom is 0.238 e. The lowest BCUT2D eigenvalue weighted by atomic mass is 10.2. The lowest BCUT2D eigenvalue weighted by Crippen LogP contribution is -2.18. The van der Waals surface area contributed by atoms with Gasteiger partial charge in [0.2, 0.25) is 9.05 Å². The first kappa shape index (κ1) is 10.4. The number of hydrogen-bond acceptors (Lipinski definition) is 4. The molecule has 0 atom stereocenters. The van der Waals surface area contributed by atoms with Crippen molar-refractivity contribution >= 4 is 31.3 Å². The molecule has 1 heterocycles. The molecule has 1 aromatic rings. The van der Waals surface area contributed by atoms with Crippen LogP contribution in [0.15, 0.2) is 12.3 Å². The highest BCUT2D eigenvalue weighted by molar-refractivity contribution is 8.15. The summed E-state index contributed by atoms with van der Waals surface area (Å²) >= 11 is 1.41. The van der Waals surface area contributed by atoms with Crippen molar-refractivity contribution in [1.29, 1.82) is 0 Å². The van der Waals surface area contributed by atoms with Crippen molar-refractivity contribution in [3.63, 3.8) is 0 Å². The molecule has 2 rings (SSSR count). The molecule has 0 N–H and O–H groups in total. The Balaban J connectivity index is 2.00. The normalized spacial score (nSPS) is 19.5. The highest BCUT2D eigenvalue weighted by Gasteiger charge is 2.53. The van der Waals surface area contributed by atoms with Crippen LogP contribution in [0.25, 0.3) is 0 Å². The van der Waals surface area contributed by atoms with Crippen molar-refractivity contribution in [2.24, 2.45) is 0 Å². The number of halogens is 1. The van der Waals surface area contributed by atoms with Gasteiger partial charge in [-0.15, -0.1) is 0 Å². The van der Waals surface area contributed by atoms with E-state index in [-0.39, 0.29) is 0 Å². The Morgan fingerprint density at radius 1 is 1.57 bits per heavy atom. The summed E-state index contributed by atoms with van der Waals surface area (Å²) in [4.78, 5) is 1.12. The van der Waals surface area contributed by atoms with Gasteiger partial charge >= 0.3 is 0 Å². The Bertz CT molecular complexity index is 409. The SMILES string of the molecule is O=S(=O)(Cl)C1(CCc2ccns2)CC1. The fourth-order valence-corrected chi connectivity index (χ4v) is 3.68. The summed E-state index contributed by atoms with van der Waals surface area (Å²) in [5.74, 6) is 0. The molecule has 1 aliphatic carbocycles. The van der Waals surface area contributed by atoms with Gasteiger partial charge < -0.3 is 0 Å². The fraction of sp³-hybridized carbons (Fsp3) is 0.625. The highest BCUT2D eigenvalue weighted by Crippen LogP contribution is 2.49. The second-order valence-corrected chi connectivity index (χ2v) is 7.48. The van der Waals surface area contributed by atoms with Crippen LogP contribution in [0.4, 0.5) is 0 Å². The standard InChI is InChI=1S/C8H10ClNO2S2/c9-14(11,12)8(4-5-8)3-1-7-2-6-10-13-7/h2,6H,1,3-5H2. The Kier molecular flexibility index (Phi) is 2.57. The highest BCUT2D eigenvalue weighted by atomic mass is 35.7. The minimum Gasteiger partial charge on any atom is -0.212 e. The molecule has 14 heavy (non-hydrogen) atoms. The zero-order chi connectivity index (χ0) is 10.2. The van der Waals surface area contributed by atoms with E-state index in [1.165, 1.54) is 11.5 Å². The Hall–Kier alpha value is -0.130. The monoisotopic (exact) mass is 251 g/mol. The maximum atomic E-state index is 11.2. The lowest BCUT2D eigenvalue weighted by Gasteiger charge is -2.09. The fourth-order valence-electron chi connectivity index (χ4n) is 1.48. The molecule has 0 saturated heterocycles. The first-order valence-electron chi connectivity index (χ1n) is 4.37. The summed E-state index contributed by atoms with van der Waals surface area (Å²) in [6.07, 6.45) is 4.53. The van der Waals surface area contributed by atoms with E-state index in [1.54, 1.807) is 6.20 Å². The first-order valence-corrected chi connectivity index (χ1v) is 7.46. The summed E-state index contributed by atoms with van der Waals surface area (Å²) in [6.45, 7) is 0.